The summed E-state index contributed by atoms with van der Waals surface area (Å²) in [5.74, 6) is 0. The lowest BCUT2D eigenvalue weighted by molar-refractivity contribution is 0.782. The Morgan fingerprint density at radius 2 is 2.33 bits per heavy atom. The molecule has 0 aliphatic carbocycles. The summed E-state index contributed by atoms with van der Waals surface area (Å²) in [7, 11) is 0. The Balaban J connectivity index is 3.36. The zero-order valence-electron chi connectivity index (χ0n) is 5.85. The van der Waals surface area contributed by atoms with Gasteiger partial charge in [0.15, 0.2) is 0 Å². The van der Waals surface area contributed by atoms with Gasteiger partial charge in [0.05, 0.1) is 0 Å². The number of hydrogen-bond acceptors (Lipinski definition) is 2. The molecule has 2 heteroatoms. The fourth-order valence-corrected chi connectivity index (χ4v) is 0.571. The van der Waals surface area contributed by atoms with E-state index in [1.54, 1.807) is 6.08 Å². The van der Waals surface area contributed by atoms with Gasteiger partial charge in [-0.15, -0.1) is 0 Å². The van der Waals surface area contributed by atoms with Crippen LogP contribution >= 0.6 is 0 Å². The van der Waals surface area contributed by atoms with E-state index in [4.69, 9.17) is 11.1 Å². The van der Waals surface area contributed by atoms with Crippen molar-refractivity contribution in [1.29, 1.82) is 5.41 Å². The highest BCUT2D eigenvalue weighted by molar-refractivity contribution is 5.68. The minimum absolute atomic E-state index is 0.812. The molecule has 0 fully saturated rings. The molecule has 0 aromatic rings. The quantitative estimate of drug-likeness (QED) is 0.553. The van der Waals surface area contributed by atoms with Gasteiger partial charge >= 0.3 is 0 Å². The molecule has 0 amide bonds. The smallest absolute Gasteiger partial charge is 0.0194 e. The minimum Gasteiger partial charge on any atom is -0.402 e. The Hall–Kier alpha value is -0.790. The van der Waals surface area contributed by atoms with Gasteiger partial charge in [-0.25, -0.2) is 0 Å². The molecule has 2 nitrogen and oxygen atoms in total. The molecule has 0 aliphatic heterocycles. The van der Waals surface area contributed by atoms with Gasteiger partial charge in [0, 0.05) is 11.9 Å². The van der Waals surface area contributed by atoms with Crippen LogP contribution in [-0.2, 0) is 0 Å². The second-order valence-electron chi connectivity index (χ2n) is 2.01. The van der Waals surface area contributed by atoms with Crippen molar-refractivity contribution in [3.63, 3.8) is 0 Å². The van der Waals surface area contributed by atoms with Crippen molar-refractivity contribution in [2.75, 3.05) is 0 Å². The van der Waals surface area contributed by atoms with Gasteiger partial charge in [0.1, 0.15) is 0 Å². The average Bonchev–Trinajstić information content (AvgIpc) is 1.85. The second kappa shape index (κ2) is 5.35. The van der Waals surface area contributed by atoms with Crippen molar-refractivity contribution in [3.8, 4) is 0 Å². The SMILES string of the molecule is CCCC/C(N)=C/C=N. The predicted molar refractivity (Wildman–Crippen MR) is 40.6 cm³/mol. The normalized spacial score (nSPS) is 11.4. The van der Waals surface area contributed by atoms with E-state index in [1.807, 2.05) is 0 Å². The summed E-state index contributed by atoms with van der Waals surface area (Å²) in [6.45, 7) is 2.12. The monoisotopic (exact) mass is 126 g/mol. The second-order valence-corrected chi connectivity index (χ2v) is 2.01. The topological polar surface area (TPSA) is 49.9 Å². The van der Waals surface area contributed by atoms with Crippen LogP contribution in [0.5, 0.6) is 0 Å². The summed E-state index contributed by atoms with van der Waals surface area (Å²) in [6, 6.07) is 0. The highest BCUT2D eigenvalue weighted by Gasteiger charge is 1.85. The molecule has 52 valence electrons. The van der Waals surface area contributed by atoms with Crippen LogP contribution in [0.1, 0.15) is 26.2 Å². The Bertz CT molecular complexity index is 105. The van der Waals surface area contributed by atoms with Crippen molar-refractivity contribution in [3.05, 3.63) is 11.8 Å². The highest BCUT2D eigenvalue weighted by atomic mass is 14.6. The van der Waals surface area contributed by atoms with Gasteiger partial charge in [-0.05, 0) is 18.9 Å². The van der Waals surface area contributed by atoms with Crippen molar-refractivity contribution < 1.29 is 0 Å². The number of nitrogens with one attached hydrogen (secondary N) is 1. The molecule has 0 spiro atoms. The number of unbranched alkanes of at least 4 members (excludes halogenated alkanes) is 1. The van der Waals surface area contributed by atoms with Crippen molar-refractivity contribution >= 4 is 6.21 Å². The van der Waals surface area contributed by atoms with Gasteiger partial charge in [-0.2, -0.15) is 0 Å². The van der Waals surface area contributed by atoms with Crippen molar-refractivity contribution in [1.82, 2.24) is 0 Å². The maximum atomic E-state index is 6.69. The molecule has 0 atom stereocenters. The molecule has 0 radical (unpaired) electrons. The van der Waals surface area contributed by atoms with Gasteiger partial charge in [0.25, 0.3) is 0 Å². The number of nitrogens with two attached hydrogens (primary N) is 1. The van der Waals surface area contributed by atoms with E-state index >= 15 is 0 Å². The molecule has 0 aromatic heterocycles. The van der Waals surface area contributed by atoms with Crippen LogP contribution in [0.2, 0.25) is 0 Å². The molecule has 0 aromatic carbocycles. The van der Waals surface area contributed by atoms with E-state index in [9.17, 15) is 0 Å². The first-order valence-corrected chi connectivity index (χ1v) is 3.26. The van der Waals surface area contributed by atoms with Gasteiger partial charge in [0.2, 0.25) is 0 Å². The van der Waals surface area contributed by atoms with Gasteiger partial charge in [-0.3, -0.25) is 0 Å². The molecule has 0 bridgehead atoms. The Labute approximate surface area is 56.3 Å². The lowest BCUT2D eigenvalue weighted by atomic mass is 10.2. The summed E-state index contributed by atoms with van der Waals surface area (Å²) >= 11 is 0. The maximum Gasteiger partial charge on any atom is 0.0194 e. The van der Waals surface area contributed by atoms with E-state index < -0.39 is 0 Å². The standard InChI is InChI=1S/C7H14N2/c1-2-3-4-7(9)5-6-8/h5-6,8H,2-4,9H2,1H3/b7-5-,8-6?. The van der Waals surface area contributed by atoms with Crippen LogP contribution in [-0.4, -0.2) is 6.21 Å². The van der Waals surface area contributed by atoms with Gasteiger partial charge < -0.3 is 11.1 Å². The van der Waals surface area contributed by atoms with Crippen LogP contribution in [0.4, 0.5) is 0 Å². The number of hydrogen-bond donors (Lipinski definition) is 2. The maximum absolute atomic E-state index is 6.69. The highest BCUT2D eigenvalue weighted by Crippen LogP contribution is 1.99. The molecular weight excluding hydrogens is 112 g/mol. The van der Waals surface area contributed by atoms with Crippen molar-refractivity contribution in [2.45, 2.75) is 26.2 Å². The molecule has 0 saturated heterocycles. The van der Waals surface area contributed by atoms with Crippen molar-refractivity contribution in [2.24, 2.45) is 5.73 Å². The molecule has 0 heterocycles. The number of rotatable bonds is 4. The van der Waals surface area contributed by atoms with Crippen LogP contribution in [0, 0.1) is 5.41 Å². The fraction of sp³-hybridized carbons (Fsp3) is 0.571. The summed E-state index contributed by atoms with van der Waals surface area (Å²) in [5.41, 5.74) is 6.29. The first-order valence-electron chi connectivity index (χ1n) is 3.26. The fourth-order valence-electron chi connectivity index (χ4n) is 0.571. The third kappa shape index (κ3) is 5.07. The Morgan fingerprint density at radius 3 is 2.78 bits per heavy atom. The first kappa shape index (κ1) is 8.21. The summed E-state index contributed by atoms with van der Waals surface area (Å²) < 4.78 is 0. The average molecular weight is 126 g/mol. The third-order valence-corrected chi connectivity index (χ3v) is 1.12. The lowest BCUT2D eigenvalue weighted by Crippen LogP contribution is -1.96. The zero-order valence-corrected chi connectivity index (χ0v) is 5.85. The van der Waals surface area contributed by atoms with E-state index in [0.717, 1.165) is 25.0 Å². The van der Waals surface area contributed by atoms with E-state index in [2.05, 4.69) is 6.92 Å². The molecular formula is C7H14N2. The molecule has 0 aliphatic rings. The van der Waals surface area contributed by atoms with Crippen LogP contribution in [0.25, 0.3) is 0 Å². The minimum atomic E-state index is 0.812. The summed E-state index contributed by atoms with van der Waals surface area (Å²) in [6.07, 6.45) is 6.06. The predicted octanol–water partition coefficient (Wildman–Crippen LogP) is 1.67. The van der Waals surface area contributed by atoms with Crippen LogP contribution < -0.4 is 5.73 Å². The van der Waals surface area contributed by atoms with E-state index in [1.165, 1.54) is 6.21 Å². The number of allylic oxidation sites excluding steroid dienone is 2. The van der Waals surface area contributed by atoms with E-state index in [-0.39, 0.29) is 0 Å². The summed E-state index contributed by atoms with van der Waals surface area (Å²) in [4.78, 5) is 0. The molecule has 0 saturated carbocycles. The third-order valence-electron chi connectivity index (χ3n) is 1.12. The molecule has 9 heavy (non-hydrogen) atoms. The Morgan fingerprint density at radius 1 is 1.67 bits per heavy atom. The molecule has 0 unspecified atom stereocenters. The molecule has 3 N–H and O–H groups in total. The summed E-state index contributed by atoms with van der Waals surface area (Å²) in [5, 5.41) is 6.69. The largest absolute Gasteiger partial charge is 0.402 e. The zero-order chi connectivity index (χ0) is 7.11. The Kier molecular flexibility index (Phi) is 4.88. The molecule has 0 rings (SSSR count). The van der Waals surface area contributed by atoms with E-state index in [0.29, 0.717) is 0 Å². The first-order chi connectivity index (χ1) is 4.31. The van der Waals surface area contributed by atoms with Crippen LogP contribution in [0.15, 0.2) is 11.8 Å². The lowest BCUT2D eigenvalue weighted by Gasteiger charge is -1.95. The van der Waals surface area contributed by atoms with Gasteiger partial charge in [-0.1, -0.05) is 13.3 Å². The van der Waals surface area contributed by atoms with Crippen LogP contribution in [0.3, 0.4) is 0 Å².